The van der Waals surface area contributed by atoms with Crippen LogP contribution in [0.2, 0.25) is 0 Å². The molecule has 4 aromatic rings. The minimum atomic E-state index is -0.967. The zero-order chi connectivity index (χ0) is 23.4. The second-order valence-electron chi connectivity index (χ2n) is 6.55. The van der Waals surface area contributed by atoms with E-state index in [9.17, 15) is 25.0 Å². The highest BCUT2D eigenvalue weighted by molar-refractivity contribution is 7.14. The first kappa shape index (κ1) is 21.5. The summed E-state index contributed by atoms with van der Waals surface area (Å²) < 4.78 is 5.27. The molecule has 33 heavy (non-hydrogen) atoms. The predicted octanol–water partition coefficient (Wildman–Crippen LogP) is 4.98. The molecule has 1 N–H and O–H groups in total. The molecule has 0 saturated heterocycles. The molecule has 0 fully saturated rings. The maximum Gasteiger partial charge on any atom is 0.344 e. The van der Waals surface area contributed by atoms with Crippen molar-refractivity contribution in [2.24, 2.45) is 0 Å². The van der Waals surface area contributed by atoms with Crippen molar-refractivity contribution in [1.82, 2.24) is 9.97 Å². The number of pyridine rings is 1. The molecular formula is C21H13N5O6S. The molecule has 0 aliphatic heterocycles. The molecular weight excluding hydrogens is 450 g/mol. The summed E-state index contributed by atoms with van der Waals surface area (Å²) in [6.07, 6.45) is 1.68. The summed E-state index contributed by atoms with van der Waals surface area (Å²) in [4.78, 5) is 41.6. The number of non-ortho nitro benzene ring substituents is 2. The van der Waals surface area contributed by atoms with E-state index in [-0.39, 0.29) is 11.3 Å². The SMILES string of the molecule is O=C(Oc1cccc(Nc2nc(-c3ccccn3)cs2)c1)c1cc([N+](=O)[O-])cc([N+](=O)[O-])c1. The van der Waals surface area contributed by atoms with Crippen LogP contribution in [0.4, 0.5) is 22.2 Å². The van der Waals surface area contributed by atoms with Crippen molar-refractivity contribution in [1.29, 1.82) is 0 Å². The fraction of sp³-hybridized carbons (Fsp3) is 0. The Morgan fingerprint density at radius 3 is 2.36 bits per heavy atom. The third-order valence-electron chi connectivity index (χ3n) is 4.29. The van der Waals surface area contributed by atoms with Gasteiger partial charge < -0.3 is 10.1 Å². The quantitative estimate of drug-likeness (QED) is 0.173. The molecule has 4 rings (SSSR count). The lowest BCUT2D eigenvalue weighted by atomic mass is 10.2. The summed E-state index contributed by atoms with van der Waals surface area (Å²) in [6, 6.07) is 14.5. The molecule has 2 aromatic heterocycles. The average Bonchev–Trinajstić information content (AvgIpc) is 3.28. The van der Waals surface area contributed by atoms with Crippen LogP contribution in [0.3, 0.4) is 0 Å². The van der Waals surface area contributed by atoms with Crippen molar-refractivity contribution >= 4 is 39.5 Å². The largest absolute Gasteiger partial charge is 0.423 e. The van der Waals surface area contributed by atoms with Crippen molar-refractivity contribution in [3.63, 3.8) is 0 Å². The van der Waals surface area contributed by atoms with Gasteiger partial charge in [0.2, 0.25) is 0 Å². The molecule has 0 spiro atoms. The molecule has 0 radical (unpaired) electrons. The van der Waals surface area contributed by atoms with Gasteiger partial charge in [0.25, 0.3) is 11.4 Å². The van der Waals surface area contributed by atoms with Gasteiger partial charge in [-0.15, -0.1) is 11.3 Å². The molecule has 0 amide bonds. The van der Waals surface area contributed by atoms with Crippen molar-refractivity contribution < 1.29 is 19.4 Å². The van der Waals surface area contributed by atoms with Crippen LogP contribution >= 0.6 is 11.3 Å². The number of nitro groups is 2. The minimum absolute atomic E-state index is 0.140. The van der Waals surface area contributed by atoms with Gasteiger partial charge in [-0.1, -0.05) is 12.1 Å². The highest BCUT2D eigenvalue weighted by Crippen LogP contribution is 2.28. The number of nitro benzene ring substituents is 2. The highest BCUT2D eigenvalue weighted by Gasteiger charge is 2.21. The Kier molecular flexibility index (Phi) is 6.00. The van der Waals surface area contributed by atoms with Crippen LogP contribution in [0.15, 0.2) is 72.2 Å². The first-order valence-electron chi connectivity index (χ1n) is 9.29. The lowest BCUT2D eigenvalue weighted by molar-refractivity contribution is -0.394. The topological polar surface area (TPSA) is 150 Å². The fourth-order valence-corrected chi connectivity index (χ4v) is 3.54. The van der Waals surface area contributed by atoms with Crippen molar-refractivity contribution in [3.8, 4) is 17.1 Å². The predicted molar refractivity (Wildman–Crippen MR) is 120 cm³/mol. The third-order valence-corrected chi connectivity index (χ3v) is 5.04. The first-order chi connectivity index (χ1) is 15.9. The van der Waals surface area contributed by atoms with Crippen LogP contribution in [0.1, 0.15) is 10.4 Å². The van der Waals surface area contributed by atoms with E-state index >= 15 is 0 Å². The lowest BCUT2D eigenvalue weighted by Crippen LogP contribution is -2.09. The molecule has 12 heteroatoms. The number of carbonyl (C=O) groups is 1. The summed E-state index contributed by atoms with van der Waals surface area (Å²) in [7, 11) is 0. The Labute approximate surface area is 189 Å². The number of aromatic nitrogens is 2. The fourth-order valence-electron chi connectivity index (χ4n) is 2.81. The molecule has 0 atom stereocenters. The Morgan fingerprint density at radius 2 is 1.70 bits per heavy atom. The maximum absolute atomic E-state index is 12.5. The Balaban J connectivity index is 1.51. The van der Waals surface area contributed by atoms with E-state index in [0.29, 0.717) is 16.5 Å². The zero-order valence-electron chi connectivity index (χ0n) is 16.6. The normalized spacial score (nSPS) is 10.4. The summed E-state index contributed by atoms with van der Waals surface area (Å²) in [5.74, 6) is -0.827. The summed E-state index contributed by atoms with van der Waals surface area (Å²) >= 11 is 1.37. The first-order valence-corrected chi connectivity index (χ1v) is 10.2. The van der Waals surface area contributed by atoms with Crippen LogP contribution < -0.4 is 10.1 Å². The number of rotatable bonds is 7. The van der Waals surface area contributed by atoms with Crippen molar-refractivity contribution in [3.05, 3.63) is 98.0 Å². The van der Waals surface area contributed by atoms with E-state index in [1.165, 1.54) is 23.5 Å². The van der Waals surface area contributed by atoms with Crippen LogP contribution in [-0.2, 0) is 0 Å². The molecule has 0 aliphatic carbocycles. The lowest BCUT2D eigenvalue weighted by Gasteiger charge is -2.07. The Hall–Kier alpha value is -4.71. The van der Waals surface area contributed by atoms with Gasteiger partial charge >= 0.3 is 5.97 Å². The van der Waals surface area contributed by atoms with E-state index in [1.807, 2.05) is 23.6 Å². The molecule has 0 bridgehead atoms. The van der Waals surface area contributed by atoms with Gasteiger partial charge in [-0.2, -0.15) is 0 Å². The Morgan fingerprint density at radius 1 is 0.939 bits per heavy atom. The number of hydrogen-bond acceptors (Lipinski definition) is 10. The monoisotopic (exact) mass is 463 g/mol. The van der Waals surface area contributed by atoms with Gasteiger partial charge in [-0.25, -0.2) is 9.78 Å². The van der Waals surface area contributed by atoms with E-state index in [1.54, 1.807) is 18.3 Å². The molecule has 11 nitrogen and oxygen atoms in total. The number of carbonyl (C=O) groups excluding carboxylic acids is 1. The average molecular weight is 463 g/mol. The number of esters is 1. The van der Waals surface area contributed by atoms with Gasteiger partial charge in [0.05, 0.1) is 27.2 Å². The van der Waals surface area contributed by atoms with E-state index in [0.717, 1.165) is 23.9 Å². The number of hydrogen-bond donors (Lipinski definition) is 1. The zero-order valence-corrected chi connectivity index (χ0v) is 17.4. The van der Waals surface area contributed by atoms with Gasteiger partial charge in [-0.05, 0) is 24.3 Å². The maximum atomic E-state index is 12.5. The minimum Gasteiger partial charge on any atom is -0.423 e. The number of ether oxygens (including phenoxy) is 1. The molecule has 0 aliphatic rings. The highest BCUT2D eigenvalue weighted by atomic mass is 32.1. The number of anilines is 2. The summed E-state index contributed by atoms with van der Waals surface area (Å²) in [5, 5.41) is 27.6. The standard InChI is InChI=1S/C21H13N5O6S/c27-20(13-8-15(25(28)29)11-16(9-13)26(30)31)32-17-5-3-4-14(10-17)23-21-24-19(12-33-21)18-6-1-2-7-22-18/h1-12H,(H,23,24). The van der Waals surface area contributed by atoms with E-state index in [4.69, 9.17) is 4.74 Å². The molecule has 0 unspecified atom stereocenters. The Bertz CT molecular complexity index is 1330. The van der Waals surface area contributed by atoms with Gasteiger partial charge in [-0.3, -0.25) is 25.2 Å². The van der Waals surface area contributed by atoms with Crippen LogP contribution in [0, 0.1) is 20.2 Å². The summed E-state index contributed by atoms with van der Waals surface area (Å²) in [5.41, 5.74) is 0.535. The smallest absolute Gasteiger partial charge is 0.344 e. The molecule has 0 saturated carbocycles. The number of nitrogens with zero attached hydrogens (tertiary/aromatic N) is 4. The van der Waals surface area contributed by atoms with Crippen LogP contribution in [-0.4, -0.2) is 25.8 Å². The van der Waals surface area contributed by atoms with E-state index in [2.05, 4.69) is 15.3 Å². The third kappa shape index (κ3) is 5.14. The molecule has 164 valence electrons. The second kappa shape index (κ2) is 9.20. The van der Waals surface area contributed by atoms with Crippen molar-refractivity contribution in [2.45, 2.75) is 0 Å². The molecule has 2 heterocycles. The number of nitrogens with one attached hydrogen (secondary N) is 1. The van der Waals surface area contributed by atoms with Crippen molar-refractivity contribution in [2.75, 3.05) is 5.32 Å². The second-order valence-corrected chi connectivity index (χ2v) is 7.41. The van der Waals surface area contributed by atoms with Crippen LogP contribution in [0.25, 0.3) is 11.4 Å². The number of benzene rings is 2. The van der Waals surface area contributed by atoms with Crippen LogP contribution in [0.5, 0.6) is 5.75 Å². The van der Waals surface area contributed by atoms with E-state index < -0.39 is 27.2 Å². The molecule has 2 aromatic carbocycles. The van der Waals surface area contributed by atoms with Gasteiger partial charge in [0.1, 0.15) is 11.4 Å². The van der Waals surface area contributed by atoms with Gasteiger partial charge in [0.15, 0.2) is 5.13 Å². The number of thiazole rings is 1. The summed E-state index contributed by atoms with van der Waals surface area (Å²) in [6.45, 7) is 0. The van der Waals surface area contributed by atoms with Gasteiger partial charge in [0, 0.05) is 35.5 Å².